The van der Waals surface area contributed by atoms with Gasteiger partial charge in [-0.2, -0.15) is 0 Å². The van der Waals surface area contributed by atoms with E-state index in [4.69, 9.17) is 11.6 Å². The average Bonchev–Trinajstić information content (AvgIpc) is 3.40. The van der Waals surface area contributed by atoms with E-state index in [2.05, 4.69) is 24.4 Å². The molecule has 0 aromatic heterocycles. The largest absolute Gasteiger partial charge is 0.506 e. The summed E-state index contributed by atoms with van der Waals surface area (Å²) in [6, 6.07) is 10.7. The summed E-state index contributed by atoms with van der Waals surface area (Å²) in [5, 5.41) is 22.3. The number of unbranched alkanes of at least 4 members (excludes halogenated alkanes) is 1. The Morgan fingerprint density at radius 1 is 1.20 bits per heavy atom. The van der Waals surface area contributed by atoms with Gasteiger partial charge in [-0.05, 0) is 42.9 Å². The zero-order valence-electron chi connectivity index (χ0n) is 14.2. The molecule has 0 atom stereocenters. The molecule has 2 aromatic rings. The molecule has 1 aliphatic carbocycles. The number of amides is 1. The molecule has 0 radical (unpaired) electrons. The molecule has 0 aliphatic heterocycles. The van der Waals surface area contributed by atoms with E-state index in [0.717, 1.165) is 43.7 Å². The predicted octanol–water partition coefficient (Wildman–Crippen LogP) is 4.76. The summed E-state index contributed by atoms with van der Waals surface area (Å²) in [7, 11) is 0. The Morgan fingerprint density at radius 2 is 1.96 bits per heavy atom. The molecule has 0 bridgehead atoms. The minimum atomic E-state index is -0.543. The van der Waals surface area contributed by atoms with Gasteiger partial charge < -0.3 is 15.5 Å². The maximum atomic E-state index is 12.8. The van der Waals surface area contributed by atoms with Crippen molar-refractivity contribution in [1.82, 2.24) is 0 Å². The lowest BCUT2D eigenvalue weighted by molar-refractivity contribution is -0.118. The molecular weight excluding hydrogens is 338 g/mol. The number of phenols is 2. The molecule has 5 heteroatoms. The Morgan fingerprint density at radius 3 is 2.64 bits per heavy atom. The van der Waals surface area contributed by atoms with Gasteiger partial charge >= 0.3 is 0 Å². The molecule has 1 fully saturated rings. The molecule has 0 unspecified atom stereocenters. The highest BCUT2D eigenvalue weighted by Crippen LogP contribution is 2.49. The van der Waals surface area contributed by atoms with E-state index in [1.807, 2.05) is 12.1 Å². The molecular formula is C20H22ClNO3. The fourth-order valence-electron chi connectivity index (χ4n) is 3.07. The second-order valence-corrected chi connectivity index (χ2v) is 7.07. The summed E-state index contributed by atoms with van der Waals surface area (Å²) in [6.07, 6.45) is 4.83. The Labute approximate surface area is 152 Å². The summed E-state index contributed by atoms with van der Waals surface area (Å²) in [5.74, 6) is -0.582. The zero-order chi connectivity index (χ0) is 18.0. The smallest absolute Gasteiger partial charge is 0.235 e. The number of anilines is 1. The van der Waals surface area contributed by atoms with Gasteiger partial charge in [0.1, 0.15) is 11.5 Å². The van der Waals surface area contributed by atoms with Gasteiger partial charge in [0.05, 0.1) is 16.1 Å². The lowest BCUT2D eigenvalue weighted by Crippen LogP contribution is -2.28. The Balaban J connectivity index is 1.81. The van der Waals surface area contributed by atoms with Crippen molar-refractivity contribution < 1.29 is 15.0 Å². The van der Waals surface area contributed by atoms with Gasteiger partial charge in [-0.3, -0.25) is 4.79 Å². The molecule has 132 valence electrons. The lowest BCUT2D eigenvalue weighted by Gasteiger charge is -2.18. The molecule has 1 amide bonds. The third-order valence-corrected chi connectivity index (χ3v) is 5.10. The Hall–Kier alpha value is -2.20. The first-order valence-corrected chi connectivity index (χ1v) is 8.96. The highest BCUT2D eigenvalue weighted by atomic mass is 35.5. The van der Waals surface area contributed by atoms with Crippen molar-refractivity contribution in [3.63, 3.8) is 0 Å². The van der Waals surface area contributed by atoms with E-state index >= 15 is 0 Å². The number of halogens is 1. The Kier molecular flexibility index (Phi) is 4.91. The Bertz CT molecular complexity index is 800. The van der Waals surface area contributed by atoms with Crippen LogP contribution < -0.4 is 5.32 Å². The van der Waals surface area contributed by atoms with Gasteiger partial charge in [0.25, 0.3) is 0 Å². The molecule has 1 aliphatic rings. The lowest BCUT2D eigenvalue weighted by atomic mass is 9.92. The van der Waals surface area contributed by atoms with Crippen molar-refractivity contribution in [3.05, 3.63) is 52.5 Å². The van der Waals surface area contributed by atoms with Crippen molar-refractivity contribution in [2.24, 2.45) is 0 Å². The first kappa shape index (κ1) is 17.6. The van der Waals surface area contributed by atoms with Gasteiger partial charge in [-0.25, -0.2) is 0 Å². The van der Waals surface area contributed by atoms with Gasteiger partial charge in [-0.15, -0.1) is 0 Å². The third kappa shape index (κ3) is 3.59. The van der Waals surface area contributed by atoms with Crippen LogP contribution in [-0.2, 0) is 16.6 Å². The topological polar surface area (TPSA) is 69.6 Å². The van der Waals surface area contributed by atoms with Crippen LogP contribution in [0.5, 0.6) is 11.5 Å². The van der Waals surface area contributed by atoms with E-state index < -0.39 is 5.41 Å². The zero-order valence-corrected chi connectivity index (χ0v) is 14.9. The number of nitrogens with one attached hydrogen (secondary N) is 1. The molecule has 25 heavy (non-hydrogen) atoms. The number of benzene rings is 2. The van der Waals surface area contributed by atoms with Crippen molar-refractivity contribution >= 4 is 23.2 Å². The number of carbonyl (C=O) groups excluding carboxylic acids is 1. The van der Waals surface area contributed by atoms with E-state index in [1.54, 1.807) is 0 Å². The van der Waals surface area contributed by atoms with Gasteiger partial charge in [0.2, 0.25) is 5.91 Å². The number of carbonyl (C=O) groups is 1. The second-order valence-electron chi connectivity index (χ2n) is 6.66. The fourth-order valence-corrected chi connectivity index (χ4v) is 3.23. The molecule has 0 heterocycles. The quantitative estimate of drug-likeness (QED) is 0.514. The van der Waals surface area contributed by atoms with Crippen LogP contribution in [-0.4, -0.2) is 16.1 Å². The number of aromatic hydroxyl groups is 2. The second kappa shape index (κ2) is 6.96. The van der Waals surface area contributed by atoms with Crippen LogP contribution in [0, 0.1) is 0 Å². The first-order chi connectivity index (χ1) is 12.0. The maximum absolute atomic E-state index is 12.8. The fraction of sp³-hybridized carbons (Fsp3) is 0.350. The van der Waals surface area contributed by atoms with Crippen LogP contribution in [0.25, 0.3) is 0 Å². The van der Waals surface area contributed by atoms with Crippen LogP contribution in [0.1, 0.15) is 43.7 Å². The average molecular weight is 360 g/mol. The number of aryl methyl sites for hydroxylation is 1. The number of hydrogen-bond acceptors (Lipinski definition) is 3. The monoisotopic (exact) mass is 359 g/mol. The molecule has 3 N–H and O–H groups in total. The van der Waals surface area contributed by atoms with Gasteiger partial charge in [0.15, 0.2) is 0 Å². The summed E-state index contributed by atoms with van der Waals surface area (Å²) in [6.45, 7) is 2.16. The summed E-state index contributed by atoms with van der Waals surface area (Å²) in [5.41, 5.74) is 1.93. The van der Waals surface area contributed by atoms with E-state index in [-0.39, 0.29) is 28.1 Å². The molecule has 0 spiro atoms. The molecule has 3 rings (SSSR count). The van der Waals surface area contributed by atoms with Gasteiger partial charge in [0, 0.05) is 6.07 Å². The highest BCUT2D eigenvalue weighted by Gasteiger charge is 2.51. The van der Waals surface area contributed by atoms with Crippen molar-refractivity contribution in [2.45, 2.75) is 44.4 Å². The third-order valence-electron chi connectivity index (χ3n) is 4.80. The van der Waals surface area contributed by atoms with Gasteiger partial charge in [-0.1, -0.05) is 49.2 Å². The maximum Gasteiger partial charge on any atom is 0.235 e. The van der Waals surface area contributed by atoms with Crippen LogP contribution in [0.15, 0.2) is 36.4 Å². The predicted molar refractivity (Wildman–Crippen MR) is 99.4 cm³/mol. The summed E-state index contributed by atoms with van der Waals surface area (Å²) in [4.78, 5) is 12.8. The van der Waals surface area contributed by atoms with Crippen molar-refractivity contribution in [1.29, 1.82) is 0 Å². The van der Waals surface area contributed by atoms with E-state index in [0.29, 0.717) is 0 Å². The van der Waals surface area contributed by atoms with Crippen LogP contribution >= 0.6 is 11.6 Å². The number of phenolic OH excluding ortho intramolecular Hbond substituents is 2. The van der Waals surface area contributed by atoms with Crippen LogP contribution in [0.4, 0.5) is 5.69 Å². The van der Waals surface area contributed by atoms with Crippen LogP contribution in [0.3, 0.4) is 0 Å². The number of rotatable bonds is 6. The summed E-state index contributed by atoms with van der Waals surface area (Å²) < 4.78 is 0. The van der Waals surface area contributed by atoms with Crippen molar-refractivity contribution in [3.8, 4) is 11.5 Å². The normalized spacial score (nSPS) is 15.0. The first-order valence-electron chi connectivity index (χ1n) is 8.58. The SMILES string of the molecule is CCCCc1cccc(C2(C(=O)Nc3cc(Cl)c(O)cc3O)CC2)c1. The van der Waals surface area contributed by atoms with Crippen molar-refractivity contribution in [2.75, 3.05) is 5.32 Å². The summed E-state index contributed by atoms with van der Waals surface area (Å²) >= 11 is 5.87. The van der Waals surface area contributed by atoms with Crippen LogP contribution in [0.2, 0.25) is 5.02 Å². The highest BCUT2D eigenvalue weighted by molar-refractivity contribution is 6.32. The molecule has 4 nitrogen and oxygen atoms in total. The molecule has 2 aromatic carbocycles. The minimum Gasteiger partial charge on any atom is -0.506 e. The van der Waals surface area contributed by atoms with E-state index in [1.165, 1.54) is 11.6 Å². The molecule has 1 saturated carbocycles. The standard InChI is InChI=1S/C20H22ClNO3/c1-2-3-5-13-6-4-7-14(10-13)20(8-9-20)19(25)22-16-11-15(21)17(23)12-18(16)24/h4,6-7,10-12,23-24H,2-3,5,8-9H2,1H3,(H,22,25). The number of hydrogen-bond donors (Lipinski definition) is 3. The molecule has 0 saturated heterocycles. The minimum absolute atomic E-state index is 0.0829. The van der Waals surface area contributed by atoms with E-state index in [9.17, 15) is 15.0 Å².